The maximum Gasteiger partial charge on any atom is 0.347 e. The number of nitrogens with one attached hydrogen (secondary N) is 1. The minimum Gasteiger partial charge on any atom is -0.423 e. The van der Waals surface area contributed by atoms with Gasteiger partial charge < -0.3 is 4.74 Å². The van der Waals surface area contributed by atoms with Gasteiger partial charge in [0.1, 0.15) is 11.3 Å². The van der Waals surface area contributed by atoms with Gasteiger partial charge in [-0.15, -0.1) is 0 Å². The number of esters is 1. The van der Waals surface area contributed by atoms with Gasteiger partial charge in [0.25, 0.3) is 5.56 Å². The second kappa shape index (κ2) is 6.11. The van der Waals surface area contributed by atoms with E-state index < -0.39 is 5.97 Å². The van der Waals surface area contributed by atoms with E-state index in [-0.39, 0.29) is 5.56 Å². The molecule has 0 aliphatic carbocycles. The zero-order chi connectivity index (χ0) is 17.3. The molecule has 0 aliphatic rings. The summed E-state index contributed by atoms with van der Waals surface area (Å²) in [6.45, 7) is 5.60. The molecule has 24 heavy (non-hydrogen) atoms. The fraction of sp³-hybridized carbons (Fsp3) is 0.176. The molecule has 1 N–H and O–H groups in total. The Labute approximate surface area is 137 Å². The minimum atomic E-state index is -0.491. The summed E-state index contributed by atoms with van der Waals surface area (Å²) in [5, 5.41) is 10.4. The van der Waals surface area contributed by atoms with Gasteiger partial charge in [-0.3, -0.25) is 4.79 Å². The van der Waals surface area contributed by atoms with Crippen molar-refractivity contribution in [3.8, 4) is 11.6 Å². The Morgan fingerprint density at radius 1 is 1.17 bits per heavy atom. The molecule has 0 saturated heterocycles. The Morgan fingerprint density at radius 2 is 1.96 bits per heavy atom. The van der Waals surface area contributed by atoms with Crippen LogP contribution in [0.2, 0.25) is 0 Å². The molecule has 0 atom stereocenters. The molecule has 0 amide bonds. The van der Waals surface area contributed by atoms with Crippen LogP contribution in [0.4, 0.5) is 0 Å². The molecule has 0 spiro atoms. The van der Waals surface area contributed by atoms with E-state index in [2.05, 4.69) is 15.3 Å². The first-order chi connectivity index (χ1) is 11.5. The molecule has 0 aliphatic heterocycles. The van der Waals surface area contributed by atoms with E-state index in [9.17, 15) is 9.59 Å². The van der Waals surface area contributed by atoms with Gasteiger partial charge in [0.05, 0.1) is 11.9 Å². The number of aryl methyl sites for hydroxylation is 2. The molecule has 1 aromatic carbocycles. The molecular formula is C17H16N4O3. The molecule has 0 bridgehead atoms. The molecule has 2 aromatic heterocycles. The first-order valence-corrected chi connectivity index (χ1v) is 7.36. The van der Waals surface area contributed by atoms with Crippen LogP contribution in [-0.4, -0.2) is 25.9 Å². The first-order valence-electron chi connectivity index (χ1n) is 7.36. The average Bonchev–Trinajstić information content (AvgIpc) is 2.92. The fourth-order valence-electron chi connectivity index (χ4n) is 2.36. The smallest absolute Gasteiger partial charge is 0.347 e. The van der Waals surface area contributed by atoms with Gasteiger partial charge in [-0.2, -0.15) is 10.2 Å². The maximum atomic E-state index is 12.4. The zero-order valence-corrected chi connectivity index (χ0v) is 13.5. The van der Waals surface area contributed by atoms with Gasteiger partial charge in [0.15, 0.2) is 5.82 Å². The van der Waals surface area contributed by atoms with Crippen molar-refractivity contribution in [2.24, 2.45) is 0 Å². The highest BCUT2D eigenvalue weighted by Gasteiger charge is 2.18. The van der Waals surface area contributed by atoms with Crippen molar-refractivity contribution in [2.75, 3.05) is 0 Å². The Kier molecular flexibility index (Phi) is 3.99. The molecule has 0 fully saturated rings. The second-order valence-electron chi connectivity index (χ2n) is 5.49. The van der Waals surface area contributed by atoms with E-state index >= 15 is 0 Å². The van der Waals surface area contributed by atoms with E-state index in [0.29, 0.717) is 22.8 Å². The van der Waals surface area contributed by atoms with Crippen LogP contribution >= 0.6 is 0 Å². The van der Waals surface area contributed by atoms with E-state index in [0.717, 1.165) is 11.1 Å². The number of benzene rings is 1. The van der Waals surface area contributed by atoms with Crippen molar-refractivity contribution in [3.63, 3.8) is 0 Å². The van der Waals surface area contributed by atoms with Crippen molar-refractivity contribution >= 4 is 5.97 Å². The summed E-state index contributed by atoms with van der Waals surface area (Å²) in [6, 6.07) is 8.47. The third-order valence-corrected chi connectivity index (χ3v) is 3.64. The average molecular weight is 324 g/mol. The normalized spacial score (nSPS) is 10.6. The van der Waals surface area contributed by atoms with Crippen LogP contribution in [0.3, 0.4) is 0 Å². The highest BCUT2D eigenvalue weighted by molar-refractivity contribution is 5.92. The Balaban J connectivity index is 1.88. The minimum absolute atomic E-state index is 0.307. The number of aromatic amines is 1. The van der Waals surface area contributed by atoms with Crippen LogP contribution in [0.1, 0.15) is 27.2 Å². The topological polar surface area (TPSA) is 89.9 Å². The Hall–Kier alpha value is -3.22. The lowest BCUT2D eigenvalue weighted by molar-refractivity contribution is 0.0732. The number of ether oxygens (including phenoxy) is 1. The summed E-state index contributed by atoms with van der Waals surface area (Å²) in [7, 11) is 0. The number of H-pyrrole nitrogens is 1. The molecule has 0 saturated carbocycles. The van der Waals surface area contributed by atoms with E-state index in [1.807, 2.05) is 26.0 Å². The third-order valence-electron chi connectivity index (χ3n) is 3.64. The molecule has 7 nitrogen and oxygen atoms in total. The maximum absolute atomic E-state index is 12.4. The number of carbonyl (C=O) groups is 1. The molecule has 3 rings (SSSR count). The van der Waals surface area contributed by atoms with Gasteiger partial charge in [-0.05, 0) is 38.5 Å². The van der Waals surface area contributed by atoms with E-state index in [1.54, 1.807) is 13.0 Å². The van der Waals surface area contributed by atoms with Gasteiger partial charge in [0, 0.05) is 6.07 Å². The van der Waals surface area contributed by atoms with Crippen LogP contribution in [0.25, 0.3) is 5.82 Å². The number of hydrogen-bond acceptors (Lipinski definition) is 5. The molecule has 122 valence electrons. The van der Waals surface area contributed by atoms with Crippen molar-refractivity contribution in [1.29, 1.82) is 0 Å². The standard InChI is InChI=1S/C17H16N4O3/c1-10-4-5-14(11(2)8-10)24-17(23)13-9-18-21(12(13)3)15-6-7-16(22)20-19-15/h4-9H,1-3H3,(H,20,22). The van der Waals surface area contributed by atoms with Crippen LogP contribution in [0.5, 0.6) is 5.75 Å². The summed E-state index contributed by atoms with van der Waals surface area (Å²) >= 11 is 0. The second-order valence-corrected chi connectivity index (χ2v) is 5.49. The summed E-state index contributed by atoms with van der Waals surface area (Å²) in [5.41, 5.74) is 2.58. The van der Waals surface area contributed by atoms with E-state index in [4.69, 9.17) is 4.74 Å². The van der Waals surface area contributed by atoms with Gasteiger partial charge in [-0.25, -0.2) is 14.6 Å². The lowest BCUT2D eigenvalue weighted by Gasteiger charge is -2.08. The van der Waals surface area contributed by atoms with Crippen molar-refractivity contribution in [3.05, 3.63) is 69.3 Å². The highest BCUT2D eigenvalue weighted by Crippen LogP contribution is 2.21. The number of aromatic nitrogens is 4. The van der Waals surface area contributed by atoms with Crippen LogP contribution in [-0.2, 0) is 0 Å². The van der Waals surface area contributed by atoms with Crippen molar-refractivity contribution in [1.82, 2.24) is 20.0 Å². The number of hydrogen-bond donors (Lipinski definition) is 1. The zero-order valence-electron chi connectivity index (χ0n) is 13.5. The summed E-state index contributed by atoms with van der Waals surface area (Å²) in [4.78, 5) is 23.5. The predicted octanol–water partition coefficient (Wildman–Crippen LogP) is 2.10. The van der Waals surface area contributed by atoms with Crippen molar-refractivity contribution in [2.45, 2.75) is 20.8 Å². The molecule has 3 aromatic rings. The highest BCUT2D eigenvalue weighted by atomic mass is 16.5. The summed E-state index contributed by atoms with van der Waals surface area (Å²) in [6.07, 6.45) is 1.42. The quantitative estimate of drug-likeness (QED) is 0.588. The van der Waals surface area contributed by atoms with Gasteiger partial charge >= 0.3 is 5.97 Å². The van der Waals surface area contributed by atoms with Crippen LogP contribution in [0, 0.1) is 20.8 Å². The molecule has 0 unspecified atom stereocenters. The lowest BCUT2D eigenvalue weighted by Crippen LogP contribution is -2.13. The van der Waals surface area contributed by atoms with Crippen LogP contribution < -0.4 is 10.3 Å². The molecule has 7 heteroatoms. The Morgan fingerprint density at radius 3 is 2.62 bits per heavy atom. The third kappa shape index (κ3) is 2.96. The number of nitrogens with zero attached hydrogens (tertiary/aromatic N) is 3. The van der Waals surface area contributed by atoms with E-state index in [1.165, 1.54) is 23.0 Å². The predicted molar refractivity (Wildman–Crippen MR) is 87.6 cm³/mol. The van der Waals surface area contributed by atoms with Gasteiger partial charge in [0.2, 0.25) is 0 Å². The number of carbonyl (C=O) groups excluding carboxylic acids is 1. The largest absolute Gasteiger partial charge is 0.423 e. The fourth-order valence-corrected chi connectivity index (χ4v) is 2.36. The monoisotopic (exact) mass is 324 g/mol. The Bertz CT molecular complexity index is 952. The molecular weight excluding hydrogens is 308 g/mol. The summed E-state index contributed by atoms with van der Waals surface area (Å²) in [5.74, 6) is 0.438. The SMILES string of the molecule is Cc1ccc(OC(=O)c2cnn(-c3ccc(=O)[nH]n3)c2C)c(C)c1. The molecule has 2 heterocycles. The molecule has 0 radical (unpaired) electrons. The van der Waals surface area contributed by atoms with Crippen LogP contribution in [0.15, 0.2) is 41.3 Å². The van der Waals surface area contributed by atoms with Crippen molar-refractivity contribution < 1.29 is 9.53 Å². The lowest BCUT2D eigenvalue weighted by atomic mass is 10.1. The number of rotatable bonds is 3. The summed E-state index contributed by atoms with van der Waals surface area (Å²) < 4.78 is 6.93. The van der Waals surface area contributed by atoms with Gasteiger partial charge in [-0.1, -0.05) is 17.7 Å². The first kappa shape index (κ1) is 15.7.